The monoisotopic (exact) mass is 717 g/mol. The average Bonchev–Trinajstić information content (AvgIpc) is 3.86. The highest BCUT2D eigenvalue weighted by molar-refractivity contribution is 6.21. The molecule has 5 nitrogen and oxygen atoms in total. The van der Waals surface area contributed by atoms with Gasteiger partial charge in [0.2, 0.25) is 0 Å². The number of hydrogen-bond donors (Lipinski definition) is 0. The molecule has 3 aromatic heterocycles. The number of aromatic nitrogens is 3. The Labute approximate surface area is 322 Å². The van der Waals surface area contributed by atoms with E-state index in [0.29, 0.717) is 17.5 Å². The van der Waals surface area contributed by atoms with Crippen LogP contribution in [0.5, 0.6) is 0 Å². The van der Waals surface area contributed by atoms with E-state index in [1.807, 2.05) is 91.0 Å². The lowest BCUT2D eigenvalue weighted by molar-refractivity contribution is 0.669. The summed E-state index contributed by atoms with van der Waals surface area (Å²) in [5.41, 5.74) is 12.6. The van der Waals surface area contributed by atoms with E-state index in [9.17, 15) is 0 Å². The second-order valence-corrected chi connectivity index (χ2v) is 13.9. The topological polar surface area (TPSA) is 65.0 Å². The Hall–Kier alpha value is -7.63. The zero-order chi connectivity index (χ0) is 37.0. The highest BCUT2D eigenvalue weighted by atomic mass is 16.3. The van der Waals surface area contributed by atoms with E-state index < -0.39 is 0 Å². The minimum atomic E-state index is 0.582. The van der Waals surface area contributed by atoms with Gasteiger partial charge < -0.3 is 8.83 Å². The van der Waals surface area contributed by atoms with Gasteiger partial charge in [0.25, 0.3) is 0 Å². The van der Waals surface area contributed by atoms with Crippen molar-refractivity contribution in [3.8, 4) is 67.5 Å². The number of furan rings is 2. The zero-order valence-corrected chi connectivity index (χ0v) is 30.1. The van der Waals surface area contributed by atoms with E-state index in [4.69, 9.17) is 23.8 Å². The highest BCUT2D eigenvalue weighted by Crippen LogP contribution is 2.46. The molecule has 3 heterocycles. The molecule has 0 atom stereocenters. The van der Waals surface area contributed by atoms with Gasteiger partial charge in [0, 0.05) is 43.8 Å². The maximum absolute atomic E-state index is 6.73. The molecule has 11 rings (SSSR count). The Morgan fingerprint density at radius 2 is 0.821 bits per heavy atom. The van der Waals surface area contributed by atoms with Gasteiger partial charge in [-0.2, -0.15) is 0 Å². The first-order valence-corrected chi connectivity index (χ1v) is 18.7. The van der Waals surface area contributed by atoms with Crippen molar-refractivity contribution in [2.75, 3.05) is 0 Å². The predicted octanol–water partition coefficient (Wildman–Crippen LogP) is 13.7. The van der Waals surface area contributed by atoms with Crippen molar-refractivity contribution in [3.63, 3.8) is 0 Å². The van der Waals surface area contributed by atoms with Crippen LogP contribution < -0.4 is 0 Å². The molecule has 0 fully saturated rings. The molecule has 0 saturated carbocycles. The zero-order valence-electron chi connectivity index (χ0n) is 30.1. The molecule has 262 valence electrons. The van der Waals surface area contributed by atoms with Gasteiger partial charge >= 0.3 is 0 Å². The summed E-state index contributed by atoms with van der Waals surface area (Å²) in [6, 6.07) is 64.5. The van der Waals surface area contributed by atoms with Crippen LogP contribution in [0.1, 0.15) is 0 Å². The lowest BCUT2D eigenvalue weighted by Gasteiger charge is -2.11. The molecular weight excluding hydrogens is 687 g/mol. The van der Waals surface area contributed by atoms with E-state index in [2.05, 4.69) is 97.1 Å². The van der Waals surface area contributed by atoms with Gasteiger partial charge in [-0.15, -0.1) is 0 Å². The van der Waals surface area contributed by atoms with Gasteiger partial charge in [0.15, 0.2) is 17.5 Å². The van der Waals surface area contributed by atoms with Crippen LogP contribution in [0, 0.1) is 0 Å². The minimum absolute atomic E-state index is 0.582. The van der Waals surface area contributed by atoms with Crippen LogP contribution >= 0.6 is 0 Å². The smallest absolute Gasteiger partial charge is 0.164 e. The lowest BCUT2D eigenvalue weighted by atomic mass is 9.91. The van der Waals surface area contributed by atoms with Crippen molar-refractivity contribution in [2.45, 2.75) is 0 Å². The summed E-state index contributed by atoms with van der Waals surface area (Å²) < 4.78 is 13.4. The maximum atomic E-state index is 6.73. The Bertz CT molecular complexity index is 3180. The number of hydrogen-bond acceptors (Lipinski definition) is 5. The summed E-state index contributed by atoms with van der Waals surface area (Å²) in [6.07, 6.45) is 0. The third kappa shape index (κ3) is 5.37. The van der Waals surface area contributed by atoms with E-state index in [0.717, 1.165) is 88.4 Å². The predicted molar refractivity (Wildman–Crippen MR) is 227 cm³/mol. The fourth-order valence-electron chi connectivity index (χ4n) is 7.90. The standard InChI is InChI=1S/C51H31N3O2/c1-4-14-32(15-5-1)35-20-12-21-36(30-35)38-28-29-40(47-41-22-10-11-24-43(41)56-48(38)47)39-23-13-25-44-46(39)42-27-26-37(31-45(42)55-44)51-53-49(33-16-6-2-7-17-33)52-50(54-51)34-18-8-3-9-19-34/h1-31H. The minimum Gasteiger partial charge on any atom is -0.456 e. The quantitative estimate of drug-likeness (QED) is 0.171. The van der Waals surface area contributed by atoms with Gasteiger partial charge in [-0.3, -0.25) is 0 Å². The number of fused-ring (bicyclic) bond motifs is 6. The van der Waals surface area contributed by atoms with Crippen LogP contribution in [0.4, 0.5) is 0 Å². The van der Waals surface area contributed by atoms with Crippen LogP contribution in [-0.2, 0) is 0 Å². The first-order chi connectivity index (χ1) is 27.7. The largest absolute Gasteiger partial charge is 0.456 e. The van der Waals surface area contributed by atoms with Crippen molar-refractivity contribution in [3.05, 3.63) is 188 Å². The van der Waals surface area contributed by atoms with Crippen molar-refractivity contribution >= 4 is 43.9 Å². The van der Waals surface area contributed by atoms with Crippen LogP contribution in [-0.4, -0.2) is 15.0 Å². The molecule has 0 spiro atoms. The summed E-state index contributed by atoms with van der Waals surface area (Å²) in [7, 11) is 0. The van der Waals surface area contributed by atoms with E-state index in [1.165, 1.54) is 5.56 Å². The first-order valence-electron chi connectivity index (χ1n) is 18.7. The fourth-order valence-corrected chi connectivity index (χ4v) is 7.90. The Morgan fingerprint density at radius 3 is 1.55 bits per heavy atom. The molecule has 5 heteroatoms. The summed E-state index contributed by atoms with van der Waals surface area (Å²) >= 11 is 0. The summed E-state index contributed by atoms with van der Waals surface area (Å²) in [4.78, 5) is 14.8. The summed E-state index contributed by atoms with van der Waals surface area (Å²) in [6.45, 7) is 0. The third-order valence-electron chi connectivity index (χ3n) is 10.6. The molecule has 0 aliphatic carbocycles. The van der Waals surface area contributed by atoms with Crippen LogP contribution in [0.3, 0.4) is 0 Å². The molecule has 0 N–H and O–H groups in total. The SMILES string of the molecule is c1ccc(-c2cccc(-c3ccc(-c4cccc5oc6cc(-c7nc(-c8ccccc8)nc(-c8ccccc8)n7)ccc6c45)c4c3oc3ccccc34)c2)cc1. The molecule has 0 radical (unpaired) electrons. The lowest BCUT2D eigenvalue weighted by Crippen LogP contribution is -2.00. The van der Waals surface area contributed by atoms with Gasteiger partial charge in [0.1, 0.15) is 22.3 Å². The van der Waals surface area contributed by atoms with Gasteiger partial charge in [-0.1, -0.05) is 152 Å². The van der Waals surface area contributed by atoms with Crippen LogP contribution in [0.2, 0.25) is 0 Å². The Kier molecular flexibility index (Phi) is 7.42. The highest BCUT2D eigenvalue weighted by Gasteiger charge is 2.21. The number of para-hydroxylation sites is 1. The molecular formula is C51H31N3O2. The van der Waals surface area contributed by atoms with E-state index >= 15 is 0 Å². The molecule has 0 amide bonds. The van der Waals surface area contributed by atoms with Crippen LogP contribution in [0.25, 0.3) is 111 Å². The summed E-state index contributed by atoms with van der Waals surface area (Å²) in [5, 5.41) is 4.21. The van der Waals surface area contributed by atoms with Gasteiger partial charge in [-0.25, -0.2) is 15.0 Å². The number of rotatable bonds is 6. The third-order valence-corrected chi connectivity index (χ3v) is 10.6. The molecule has 56 heavy (non-hydrogen) atoms. The molecule has 8 aromatic carbocycles. The molecule has 0 saturated heterocycles. The van der Waals surface area contributed by atoms with E-state index in [1.54, 1.807) is 0 Å². The second kappa shape index (κ2) is 13.0. The molecule has 0 aliphatic heterocycles. The van der Waals surface area contributed by atoms with E-state index in [-0.39, 0.29) is 0 Å². The second-order valence-electron chi connectivity index (χ2n) is 13.9. The average molecular weight is 718 g/mol. The summed E-state index contributed by atoms with van der Waals surface area (Å²) in [5.74, 6) is 1.82. The van der Waals surface area contributed by atoms with Crippen molar-refractivity contribution in [2.24, 2.45) is 0 Å². The van der Waals surface area contributed by atoms with Crippen LogP contribution in [0.15, 0.2) is 197 Å². The van der Waals surface area contributed by atoms with Crippen molar-refractivity contribution < 1.29 is 8.83 Å². The Morgan fingerprint density at radius 1 is 0.286 bits per heavy atom. The molecule has 11 aromatic rings. The first kappa shape index (κ1) is 31.9. The van der Waals surface area contributed by atoms with Gasteiger partial charge in [-0.05, 0) is 64.2 Å². The fraction of sp³-hybridized carbons (Fsp3) is 0. The normalized spacial score (nSPS) is 11.6. The van der Waals surface area contributed by atoms with Crippen molar-refractivity contribution in [1.29, 1.82) is 0 Å². The molecule has 0 bridgehead atoms. The van der Waals surface area contributed by atoms with Crippen molar-refractivity contribution in [1.82, 2.24) is 15.0 Å². The molecule has 0 aliphatic rings. The molecule has 0 unspecified atom stereocenters. The van der Waals surface area contributed by atoms with Gasteiger partial charge in [0.05, 0.1) is 0 Å². The maximum Gasteiger partial charge on any atom is 0.164 e. The number of nitrogens with zero attached hydrogens (tertiary/aromatic N) is 3. The Balaban J connectivity index is 1.08. The number of benzene rings is 8.